The fraction of sp³-hybridized carbons (Fsp3) is 0.160. The second kappa shape index (κ2) is 25.2. The largest absolute Gasteiger partial charge is 0.310 e. The number of nitrogens with zero attached hydrogens (tertiary/aromatic N) is 3. The van der Waals surface area contributed by atoms with Crippen LogP contribution in [-0.4, -0.2) is 11.3 Å². The van der Waals surface area contributed by atoms with E-state index >= 15 is 0 Å². The third-order valence-corrected chi connectivity index (χ3v) is 22.0. The van der Waals surface area contributed by atoms with Gasteiger partial charge in [0.05, 0.1) is 22.4 Å². The van der Waals surface area contributed by atoms with E-state index in [1.165, 1.54) is 77.3 Å². The molecule has 104 heavy (non-hydrogen) atoms. The Morgan fingerprint density at radius 3 is 1.09 bits per heavy atom. The molecule has 0 bridgehead atoms. The summed E-state index contributed by atoms with van der Waals surface area (Å²) in [5, 5.41) is 2.39. The lowest BCUT2D eigenvalue weighted by Gasteiger charge is -2.46. The highest BCUT2D eigenvalue weighted by atomic mass is 15.2. The molecule has 0 saturated carbocycles. The number of para-hydroxylation sites is 4. The van der Waals surface area contributed by atoms with Gasteiger partial charge < -0.3 is 14.4 Å². The van der Waals surface area contributed by atoms with E-state index in [0.717, 1.165) is 101 Å². The molecule has 3 heterocycles. The second-order valence-electron chi connectivity index (χ2n) is 32.9. The Kier molecular flexibility index (Phi) is 16.0. The van der Waals surface area contributed by atoms with Gasteiger partial charge in [0, 0.05) is 67.0 Å². The van der Waals surface area contributed by atoms with Crippen molar-refractivity contribution < 1.29 is 0 Å². The van der Waals surface area contributed by atoms with Crippen LogP contribution in [0.5, 0.6) is 0 Å². The molecule has 0 N–H and O–H groups in total. The van der Waals surface area contributed by atoms with Crippen LogP contribution in [0.25, 0.3) is 105 Å². The van der Waals surface area contributed by atoms with E-state index in [9.17, 15) is 0 Å². The van der Waals surface area contributed by atoms with Gasteiger partial charge in [-0.05, 0) is 165 Å². The zero-order valence-electron chi connectivity index (χ0n) is 61.9. The summed E-state index contributed by atoms with van der Waals surface area (Å²) < 4.78 is 2.50. The van der Waals surface area contributed by atoms with E-state index < -0.39 is 0 Å². The van der Waals surface area contributed by atoms with E-state index in [2.05, 4.69) is 413 Å². The normalized spacial score (nSPS) is 12.9. The number of fused-ring (bicyclic) bond motifs is 7. The Labute approximate surface area is 615 Å². The van der Waals surface area contributed by atoms with Gasteiger partial charge in [-0.1, -0.05) is 344 Å². The fourth-order valence-corrected chi connectivity index (χ4v) is 16.4. The standard InChI is InChI=1S/C100H88BN3/c1-97(2,3)74-51-48-69(49-52-74)84-58-72(59-85-83-42-28-29-47-88(83)102(96(84)85)78-40-26-17-27-41-78)73-61-91-93-92(62-73)104(95-81(67-36-22-15-23-37-67)45-31-46-82(95)68-38-24-16-25-39-68)90-64-75(98(4,5)6)53-55-87(90)101(93)86-54-50-70(71-56-76(99(7,8)9)63-77(57-71)100(10,11)12)60-89(86)103(91)94-79(65-32-18-13-19-33-65)43-30-44-80(94)66-34-20-14-21-35-66/h13-64H,1-12H3. The number of anilines is 6. The van der Waals surface area contributed by atoms with Crippen LogP contribution in [0.2, 0.25) is 0 Å². The molecular weight excluding hydrogens is 1250 g/mol. The summed E-state index contributed by atoms with van der Waals surface area (Å²) in [6, 6.07) is 120. The summed E-state index contributed by atoms with van der Waals surface area (Å²) in [5.74, 6) is 0. The average molecular weight is 1340 g/mol. The molecule has 3 nitrogen and oxygen atoms in total. The van der Waals surface area contributed by atoms with Gasteiger partial charge in [0.2, 0.25) is 0 Å². The van der Waals surface area contributed by atoms with Crippen molar-refractivity contribution in [3.8, 4) is 83.6 Å². The topological polar surface area (TPSA) is 11.4 Å². The summed E-state index contributed by atoms with van der Waals surface area (Å²) in [5.41, 5.74) is 35.0. The highest BCUT2D eigenvalue weighted by Gasteiger charge is 2.46. The molecule has 0 aliphatic carbocycles. The minimum atomic E-state index is -0.211. The molecule has 17 rings (SSSR count). The van der Waals surface area contributed by atoms with E-state index in [1.54, 1.807) is 0 Å². The lowest BCUT2D eigenvalue weighted by atomic mass is 9.33. The summed E-state index contributed by atoms with van der Waals surface area (Å²) in [6.07, 6.45) is 0. The Morgan fingerprint density at radius 2 is 0.615 bits per heavy atom. The van der Waals surface area contributed by atoms with Crippen LogP contribution in [0.1, 0.15) is 105 Å². The number of hydrogen-bond acceptors (Lipinski definition) is 2. The lowest BCUT2D eigenvalue weighted by Crippen LogP contribution is -2.61. The molecule has 4 heteroatoms. The average Bonchev–Trinajstić information content (AvgIpc) is 0.765. The van der Waals surface area contributed by atoms with Crippen molar-refractivity contribution in [2.24, 2.45) is 0 Å². The van der Waals surface area contributed by atoms with Gasteiger partial charge >= 0.3 is 0 Å². The summed E-state index contributed by atoms with van der Waals surface area (Å²) >= 11 is 0. The summed E-state index contributed by atoms with van der Waals surface area (Å²) in [7, 11) is 0. The fourth-order valence-electron chi connectivity index (χ4n) is 16.4. The van der Waals surface area contributed by atoms with Crippen molar-refractivity contribution in [3.05, 3.63) is 338 Å². The van der Waals surface area contributed by atoms with E-state index in [1.807, 2.05) is 0 Å². The van der Waals surface area contributed by atoms with Crippen molar-refractivity contribution in [1.82, 2.24) is 4.57 Å². The number of aromatic nitrogens is 1. The van der Waals surface area contributed by atoms with Crippen molar-refractivity contribution in [2.45, 2.75) is 105 Å². The monoisotopic (exact) mass is 1340 g/mol. The summed E-state index contributed by atoms with van der Waals surface area (Å²) in [6.45, 7) is 27.9. The minimum absolute atomic E-state index is 0.0365. The molecule has 506 valence electrons. The Morgan fingerprint density at radius 1 is 0.240 bits per heavy atom. The third-order valence-electron chi connectivity index (χ3n) is 22.0. The molecule has 2 aliphatic rings. The predicted molar refractivity (Wildman–Crippen MR) is 448 cm³/mol. The smallest absolute Gasteiger partial charge is 0.252 e. The van der Waals surface area contributed by atoms with Gasteiger partial charge in [-0.2, -0.15) is 0 Å². The first-order valence-corrected chi connectivity index (χ1v) is 37.1. The van der Waals surface area contributed by atoms with Gasteiger partial charge in [-0.3, -0.25) is 0 Å². The maximum absolute atomic E-state index is 2.72. The van der Waals surface area contributed by atoms with Crippen LogP contribution in [0, 0.1) is 0 Å². The molecule has 0 spiro atoms. The maximum atomic E-state index is 2.72. The second-order valence-corrected chi connectivity index (χ2v) is 32.9. The third kappa shape index (κ3) is 11.5. The Bertz CT molecular complexity index is 5660. The highest BCUT2D eigenvalue weighted by molar-refractivity contribution is 7.00. The van der Waals surface area contributed by atoms with Crippen LogP contribution in [0.4, 0.5) is 34.1 Å². The molecule has 0 atom stereocenters. The van der Waals surface area contributed by atoms with Crippen molar-refractivity contribution in [1.29, 1.82) is 0 Å². The zero-order valence-corrected chi connectivity index (χ0v) is 61.9. The molecule has 15 aromatic rings. The first-order valence-electron chi connectivity index (χ1n) is 37.1. The van der Waals surface area contributed by atoms with Crippen LogP contribution in [0.15, 0.2) is 315 Å². The molecular formula is C100H88BN3. The summed E-state index contributed by atoms with van der Waals surface area (Å²) in [4.78, 5) is 5.44. The van der Waals surface area contributed by atoms with Crippen LogP contribution >= 0.6 is 0 Å². The van der Waals surface area contributed by atoms with E-state index in [0.29, 0.717) is 0 Å². The first-order chi connectivity index (χ1) is 50.1. The van der Waals surface area contributed by atoms with Crippen LogP contribution in [-0.2, 0) is 21.7 Å². The number of hydrogen-bond donors (Lipinski definition) is 0. The van der Waals surface area contributed by atoms with Gasteiger partial charge in [-0.25, -0.2) is 0 Å². The molecule has 0 radical (unpaired) electrons. The molecule has 1 aromatic heterocycles. The van der Waals surface area contributed by atoms with Crippen molar-refractivity contribution >= 4 is 79.0 Å². The molecule has 0 unspecified atom stereocenters. The SMILES string of the molecule is CC(C)(C)c1ccc(-c2cc(-c3cc4c5c(c3)N(c3c(-c6ccccc6)cccc3-c3ccccc3)c3cc(C(C)(C)C)ccc3B5c3ccc(-c5cc(C(C)(C)C)cc(C(C)(C)C)c5)cc3N4c3c(-c4ccccc4)cccc3-c3ccccc3)cc3c4ccccc4n(-c4ccccc4)c23)cc1. The Hall–Kier alpha value is -11.5. The van der Waals surface area contributed by atoms with Crippen LogP contribution in [0.3, 0.4) is 0 Å². The Balaban J connectivity index is 1.08. The van der Waals surface area contributed by atoms with Gasteiger partial charge in [-0.15, -0.1) is 0 Å². The number of benzene rings is 14. The molecule has 0 saturated heterocycles. The predicted octanol–water partition coefficient (Wildman–Crippen LogP) is 25.7. The van der Waals surface area contributed by atoms with Gasteiger partial charge in [0.25, 0.3) is 6.71 Å². The van der Waals surface area contributed by atoms with Gasteiger partial charge in [0.15, 0.2) is 0 Å². The quantitative estimate of drug-likeness (QED) is 0.126. The number of rotatable bonds is 10. The van der Waals surface area contributed by atoms with Crippen LogP contribution < -0.4 is 26.2 Å². The van der Waals surface area contributed by atoms with Crippen molar-refractivity contribution in [3.63, 3.8) is 0 Å². The highest BCUT2D eigenvalue weighted by Crippen LogP contribution is 2.55. The van der Waals surface area contributed by atoms with E-state index in [-0.39, 0.29) is 28.4 Å². The first kappa shape index (κ1) is 65.8. The molecule has 2 aliphatic heterocycles. The maximum Gasteiger partial charge on any atom is 0.252 e. The zero-order chi connectivity index (χ0) is 71.6. The lowest BCUT2D eigenvalue weighted by molar-refractivity contribution is 0.569. The molecule has 0 amide bonds. The minimum Gasteiger partial charge on any atom is -0.310 e. The molecule has 14 aromatic carbocycles. The van der Waals surface area contributed by atoms with E-state index in [4.69, 9.17) is 0 Å². The molecule has 0 fully saturated rings. The van der Waals surface area contributed by atoms with Crippen molar-refractivity contribution in [2.75, 3.05) is 9.80 Å². The van der Waals surface area contributed by atoms with Gasteiger partial charge in [0.1, 0.15) is 0 Å².